The molecule has 0 aromatic heterocycles. The minimum absolute atomic E-state index is 0.0866. The van der Waals surface area contributed by atoms with Gasteiger partial charge in [0.15, 0.2) is 0 Å². The summed E-state index contributed by atoms with van der Waals surface area (Å²) >= 11 is 0. The van der Waals surface area contributed by atoms with Crippen molar-refractivity contribution in [3.05, 3.63) is 29.8 Å². The normalized spacial score (nSPS) is 16.4. The van der Waals surface area contributed by atoms with Crippen molar-refractivity contribution in [2.24, 2.45) is 11.8 Å². The Labute approximate surface area is 114 Å². The SMILES string of the molecule is CCCC1CCN(C(=O)c2ccccc2NN)CC1. The molecule has 1 heterocycles. The van der Waals surface area contributed by atoms with Crippen molar-refractivity contribution in [2.75, 3.05) is 18.5 Å². The molecule has 3 N–H and O–H groups in total. The second-order valence-corrected chi connectivity index (χ2v) is 5.21. The lowest BCUT2D eigenvalue weighted by Gasteiger charge is -2.32. The summed E-state index contributed by atoms with van der Waals surface area (Å²) in [4.78, 5) is 14.4. The molecule has 0 atom stereocenters. The van der Waals surface area contributed by atoms with Crippen LogP contribution in [0.5, 0.6) is 0 Å². The number of nitrogens with zero attached hydrogens (tertiary/aromatic N) is 1. The molecule has 0 bridgehead atoms. The van der Waals surface area contributed by atoms with E-state index in [2.05, 4.69) is 12.3 Å². The van der Waals surface area contributed by atoms with E-state index in [1.54, 1.807) is 0 Å². The number of rotatable bonds is 4. The Bertz CT molecular complexity index is 425. The molecule has 0 saturated carbocycles. The van der Waals surface area contributed by atoms with Crippen LogP contribution in [0.15, 0.2) is 24.3 Å². The van der Waals surface area contributed by atoms with Gasteiger partial charge in [0.2, 0.25) is 0 Å². The van der Waals surface area contributed by atoms with Gasteiger partial charge >= 0.3 is 0 Å². The van der Waals surface area contributed by atoms with Gasteiger partial charge in [-0.3, -0.25) is 10.6 Å². The molecule has 1 amide bonds. The van der Waals surface area contributed by atoms with Crippen LogP contribution in [0.2, 0.25) is 0 Å². The van der Waals surface area contributed by atoms with Crippen LogP contribution < -0.4 is 11.3 Å². The molecule has 2 rings (SSSR count). The average Bonchev–Trinajstić information content (AvgIpc) is 2.47. The Balaban J connectivity index is 2.01. The van der Waals surface area contributed by atoms with Crippen molar-refractivity contribution in [2.45, 2.75) is 32.6 Å². The number of hydrazine groups is 1. The van der Waals surface area contributed by atoms with Crippen molar-refractivity contribution in [1.82, 2.24) is 4.90 Å². The number of hydrogen-bond acceptors (Lipinski definition) is 3. The largest absolute Gasteiger partial charge is 0.339 e. The number of para-hydroxylation sites is 1. The van der Waals surface area contributed by atoms with Gasteiger partial charge in [0, 0.05) is 13.1 Å². The van der Waals surface area contributed by atoms with Gasteiger partial charge < -0.3 is 10.3 Å². The van der Waals surface area contributed by atoms with Gasteiger partial charge in [-0.05, 0) is 30.9 Å². The molecule has 1 saturated heterocycles. The predicted octanol–water partition coefficient (Wildman–Crippen LogP) is 2.62. The third-order valence-electron chi connectivity index (χ3n) is 3.91. The number of nitrogens with two attached hydrogens (primary N) is 1. The lowest BCUT2D eigenvalue weighted by atomic mass is 9.92. The molecule has 19 heavy (non-hydrogen) atoms. The number of hydrogen-bond donors (Lipinski definition) is 2. The summed E-state index contributed by atoms with van der Waals surface area (Å²) in [5, 5.41) is 0. The second kappa shape index (κ2) is 6.57. The maximum Gasteiger partial charge on any atom is 0.256 e. The first-order valence-electron chi connectivity index (χ1n) is 7.11. The zero-order chi connectivity index (χ0) is 13.7. The van der Waals surface area contributed by atoms with Gasteiger partial charge in [-0.25, -0.2) is 0 Å². The number of carbonyl (C=O) groups excluding carboxylic acids is 1. The quantitative estimate of drug-likeness (QED) is 0.647. The number of amides is 1. The average molecular weight is 261 g/mol. The highest BCUT2D eigenvalue weighted by atomic mass is 16.2. The number of nitrogens with one attached hydrogen (secondary N) is 1. The van der Waals surface area contributed by atoms with E-state index in [-0.39, 0.29) is 5.91 Å². The number of carbonyl (C=O) groups is 1. The lowest BCUT2D eigenvalue weighted by Crippen LogP contribution is -2.38. The topological polar surface area (TPSA) is 58.4 Å². The van der Waals surface area contributed by atoms with Gasteiger partial charge in [0.1, 0.15) is 0 Å². The van der Waals surface area contributed by atoms with E-state index < -0.39 is 0 Å². The molecule has 0 spiro atoms. The van der Waals surface area contributed by atoms with Gasteiger partial charge in [-0.2, -0.15) is 0 Å². The van der Waals surface area contributed by atoms with E-state index in [1.165, 1.54) is 12.8 Å². The van der Waals surface area contributed by atoms with Crippen LogP contribution in [0.25, 0.3) is 0 Å². The summed E-state index contributed by atoms with van der Waals surface area (Å²) in [7, 11) is 0. The van der Waals surface area contributed by atoms with Crippen LogP contribution in [0.3, 0.4) is 0 Å². The Kier molecular flexibility index (Phi) is 4.80. The van der Waals surface area contributed by atoms with Crippen LogP contribution in [-0.2, 0) is 0 Å². The molecule has 1 aromatic carbocycles. The maximum atomic E-state index is 12.5. The van der Waals surface area contributed by atoms with Gasteiger partial charge in [-0.15, -0.1) is 0 Å². The lowest BCUT2D eigenvalue weighted by molar-refractivity contribution is 0.0687. The molecule has 0 aliphatic carbocycles. The summed E-state index contributed by atoms with van der Waals surface area (Å²) in [6.45, 7) is 3.95. The molecule has 4 heteroatoms. The zero-order valence-electron chi connectivity index (χ0n) is 11.6. The molecular weight excluding hydrogens is 238 g/mol. The number of anilines is 1. The summed E-state index contributed by atoms with van der Waals surface area (Å²) in [6, 6.07) is 7.41. The predicted molar refractivity (Wildman–Crippen MR) is 77.8 cm³/mol. The standard InChI is InChI=1S/C15H23N3O/c1-2-5-12-8-10-18(11-9-12)15(19)13-6-3-4-7-14(13)17-16/h3-4,6-7,12,17H,2,5,8-11,16H2,1H3. The smallest absolute Gasteiger partial charge is 0.256 e. The van der Waals surface area contributed by atoms with Crippen LogP contribution in [-0.4, -0.2) is 23.9 Å². The van der Waals surface area contributed by atoms with Crippen molar-refractivity contribution < 1.29 is 4.79 Å². The minimum atomic E-state index is 0.0866. The Hall–Kier alpha value is -1.55. The first kappa shape index (κ1) is 13.9. The second-order valence-electron chi connectivity index (χ2n) is 5.21. The molecule has 104 valence electrons. The molecule has 1 aliphatic rings. The van der Waals surface area contributed by atoms with Crippen LogP contribution >= 0.6 is 0 Å². The van der Waals surface area contributed by atoms with E-state index in [4.69, 9.17) is 5.84 Å². The molecule has 1 fully saturated rings. The molecule has 1 aliphatic heterocycles. The Morgan fingerprint density at radius 1 is 1.37 bits per heavy atom. The molecule has 0 unspecified atom stereocenters. The highest BCUT2D eigenvalue weighted by molar-refractivity contribution is 5.99. The molecule has 1 aromatic rings. The first-order valence-corrected chi connectivity index (χ1v) is 7.11. The number of benzene rings is 1. The highest BCUT2D eigenvalue weighted by Gasteiger charge is 2.24. The van der Waals surface area contributed by atoms with Crippen molar-refractivity contribution in [3.8, 4) is 0 Å². The van der Waals surface area contributed by atoms with Crippen LogP contribution in [0.1, 0.15) is 43.0 Å². The van der Waals surface area contributed by atoms with Crippen molar-refractivity contribution in [3.63, 3.8) is 0 Å². The third-order valence-corrected chi connectivity index (χ3v) is 3.91. The highest BCUT2D eigenvalue weighted by Crippen LogP contribution is 2.24. The number of nitrogen functional groups attached to an aromatic ring is 1. The van der Waals surface area contributed by atoms with E-state index in [0.29, 0.717) is 11.3 Å². The Morgan fingerprint density at radius 3 is 2.68 bits per heavy atom. The maximum absolute atomic E-state index is 12.5. The van der Waals surface area contributed by atoms with Gasteiger partial charge in [0.25, 0.3) is 5.91 Å². The third kappa shape index (κ3) is 3.26. The van der Waals surface area contributed by atoms with Gasteiger partial charge in [0.05, 0.1) is 11.3 Å². The van der Waals surface area contributed by atoms with Crippen molar-refractivity contribution in [1.29, 1.82) is 0 Å². The van der Waals surface area contributed by atoms with E-state index in [1.807, 2.05) is 29.2 Å². The fourth-order valence-electron chi connectivity index (χ4n) is 2.80. The summed E-state index contributed by atoms with van der Waals surface area (Å²) in [6.07, 6.45) is 4.76. The van der Waals surface area contributed by atoms with E-state index >= 15 is 0 Å². The summed E-state index contributed by atoms with van der Waals surface area (Å²) in [5.41, 5.74) is 3.96. The number of piperidine rings is 1. The minimum Gasteiger partial charge on any atom is -0.339 e. The summed E-state index contributed by atoms with van der Waals surface area (Å²) < 4.78 is 0. The van der Waals surface area contributed by atoms with Crippen molar-refractivity contribution >= 4 is 11.6 Å². The molecular formula is C15H23N3O. The fourth-order valence-corrected chi connectivity index (χ4v) is 2.80. The van der Waals surface area contributed by atoms with Crippen LogP contribution in [0, 0.1) is 5.92 Å². The molecule has 0 radical (unpaired) electrons. The first-order chi connectivity index (χ1) is 9.26. The summed E-state index contributed by atoms with van der Waals surface area (Å²) in [5.74, 6) is 6.33. The monoisotopic (exact) mass is 261 g/mol. The van der Waals surface area contributed by atoms with E-state index in [9.17, 15) is 4.79 Å². The van der Waals surface area contributed by atoms with Crippen LogP contribution in [0.4, 0.5) is 5.69 Å². The molecule has 4 nitrogen and oxygen atoms in total. The number of likely N-dealkylation sites (tertiary alicyclic amines) is 1. The van der Waals surface area contributed by atoms with Gasteiger partial charge in [-0.1, -0.05) is 31.9 Å². The fraction of sp³-hybridized carbons (Fsp3) is 0.533. The van der Waals surface area contributed by atoms with E-state index in [0.717, 1.165) is 31.8 Å². The Morgan fingerprint density at radius 2 is 2.05 bits per heavy atom. The zero-order valence-corrected chi connectivity index (χ0v) is 11.6.